The van der Waals surface area contributed by atoms with Crippen LogP contribution in [0.5, 0.6) is 5.88 Å². The molecule has 1 aliphatic rings. The van der Waals surface area contributed by atoms with Gasteiger partial charge in [-0.25, -0.2) is 0 Å². The van der Waals surface area contributed by atoms with Crippen molar-refractivity contribution in [3.63, 3.8) is 0 Å². The summed E-state index contributed by atoms with van der Waals surface area (Å²) < 4.78 is 15.5. The molecular weight excluding hydrogens is 260 g/mol. The minimum Gasteiger partial charge on any atom is -0.479 e. The Kier molecular flexibility index (Phi) is 5.86. The number of carbonyl (C=O) groups is 1. The van der Waals surface area contributed by atoms with Crippen LogP contribution in [0.4, 0.5) is 0 Å². The molecule has 1 aromatic heterocycles. The van der Waals surface area contributed by atoms with Crippen molar-refractivity contribution >= 4 is 5.91 Å². The van der Waals surface area contributed by atoms with Crippen LogP contribution >= 0.6 is 0 Å². The quantitative estimate of drug-likeness (QED) is 0.639. The third kappa shape index (κ3) is 4.52. The van der Waals surface area contributed by atoms with E-state index in [4.69, 9.17) is 14.0 Å². The molecule has 1 N–H and O–H groups in total. The summed E-state index contributed by atoms with van der Waals surface area (Å²) in [4.78, 5) is 11.7. The number of carbonyl (C=O) groups excluding carboxylic acids is 1. The summed E-state index contributed by atoms with van der Waals surface area (Å²) in [6, 6.07) is 1.46. The summed E-state index contributed by atoms with van der Waals surface area (Å²) in [5, 5.41) is 6.32. The Morgan fingerprint density at radius 1 is 1.40 bits per heavy atom. The lowest BCUT2D eigenvalue weighted by Gasteiger charge is -2.15. The summed E-state index contributed by atoms with van der Waals surface area (Å²) in [6.07, 6.45) is 7.72. The number of nitrogens with one attached hydrogen (secondary N) is 1. The zero-order chi connectivity index (χ0) is 14.2. The predicted molar refractivity (Wildman–Crippen MR) is 72.8 cm³/mol. The first-order chi connectivity index (χ1) is 9.79. The van der Waals surface area contributed by atoms with E-state index in [0.29, 0.717) is 25.1 Å². The van der Waals surface area contributed by atoms with Gasteiger partial charge in [-0.2, -0.15) is 0 Å². The van der Waals surface area contributed by atoms with Crippen LogP contribution < -0.4 is 10.1 Å². The molecule has 0 unspecified atom stereocenters. The van der Waals surface area contributed by atoms with Gasteiger partial charge >= 0.3 is 0 Å². The molecule has 6 heteroatoms. The van der Waals surface area contributed by atoms with Crippen LogP contribution in [0.3, 0.4) is 0 Å². The van der Waals surface area contributed by atoms with Gasteiger partial charge in [0, 0.05) is 6.54 Å². The predicted octanol–water partition coefficient (Wildman–Crippen LogP) is 2.15. The lowest BCUT2D eigenvalue weighted by atomic mass is 10.1. The lowest BCUT2D eigenvalue weighted by molar-refractivity contribution is 0.0438. The Hall–Kier alpha value is -1.56. The van der Waals surface area contributed by atoms with Crippen LogP contribution in [0, 0.1) is 0 Å². The van der Waals surface area contributed by atoms with Crippen LogP contribution in [0.15, 0.2) is 10.6 Å². The van der Waals surface area contributed by atoms with E-state index < -0.39 is 0 Å². The molecule has 1 amide bonds. The van der Waals surface area contributed by atoms with Crippen molar-refractivity contribution in [2.75, 3.05) is 20.3 Å². The molecule has 1 heterocycles. The zero-order valence-corrected chi connectivity index (χ0v) is 11.9. The Bertz CT molecular complexity index is 411. The van der Waals surface area contributed by atoms with Gasteiger partial charge in [-0.15, -0.1) is 0 Å². The molecule has 0 saturated heterocycles. The van der Waals surface area contributed by atoms with Crippen molar-refractivity contribution in [1.82, 2.24) is 10.5 Å². The average molecular weight is 282 g/mol. The molecule has 6 nitrogen and oxygen atoms in total. The number of rotatable bonds is 6. The molecule has 112 valence electrons. The standard InChI is InChI=1S/C14H22N2O4/c1-18-13-10-12(20-16-13)14(17)15-8-9-19-11-6-4-2-3-5-7-11/h10-11H,2-9H2,1H3,(H,15,17). The van der Waals surface area contributed by atoms with E-state index in [1.165, 1.54) is 38.9 Å². The number of aromatic nitrogens is 1. The first kappa shape index (κ1) is 14.8. The second-order valence-electron chi connectivity index (χ2n) is 4.97. The molecule has 1 fully saturated rings. The maximum atomic E-state index is 11.7. The van der Waals surface area contributed by atoms with Crippen molar-refractivity contribution in [2.45, 2.75) is 44.6 Å². The van der Waals surface area contributed by atoms with Gasteiger partial charge in [0.05, 0.1) is 25.9 Å². The summed E-state index contributed by atoms with van der Waals surface area (Å²) >= 11 is 0. The van der Waals surface area contributed by atoms with Crippen LogP contribution in [0.2, 0.25) is 0 Å². The van der Waals surface area contributed by atoms with Crippen molar-refractivity contribution in [1.29, 1.82) is 0 Å². The number of amides is 1. The number of methoxy groups -OCH3 is 1. The highest BCUT2D eigenvalue weighted by Crippen LogP contribution is 2.19. The fraction of sp³-hybridized carbons (Fsp3) is 0.714. The van der Waals surface area contributed by atoms with Crippen LogP contribution in [-0.2, 0) is 4.74 Å². The Morgan fingerprint density at radius 2 is 2.15 bits per heavy atom. The molecule has 0 spiro atoms. The summed E-state index contributed by atoms with van der Waals surface area (Å²) in [7, 11) is 1.47. The Balaban J connectivity index is 1.63. The van der Waals surface area contributed by atoms with Gasteiger partial charge in [0.25, 0.3) is 11.8 Å². The summed E-state index contributed by atoms with van der Waals surface area (Å²) in [6.45, 7) is 1.00. The van der Waals surface area contributed by atoms with Gasteiger partial charge in [-0.3, -0.25) is 4.79 Å². The minimum absolute atomic E-state index is 0.149. The molecule has 0 atom stereocenters. The SMILES string of the molecule is COc1cc(C(=O)NCCOC2CCCCCC2)on1. The molecule has 2 rings (SSSR count). The molecular formula is C14H22N2O4. The first-order valence-electron chi connectivity index (χ1n) is 7.20. The van der Waals surface area contributed by atoms with Gasteiger partial charge in [0.2, 0.25) is 5.76 Å². The lowest BCUT2D eigenvalue weighted by Crippen LogP contribution is -2.28. The van der Waals surface area contributed by atoms with Crippen molar-refractivity contribution in [2.24, 2.45) is 0 Å². The second-order valence-corrected chi connectivity index (χ2v) is 4.97. The van der Waals surface area contributed by atoms with E-state index in [-0.39, 0.29) is 11.7 Å². The minimum atomic E-state index is -0.301. The van der Waals surface area contributed by atoms with Gasteiger partial charge in [0.1, 0.15) is 0 Å². The largest absolute Gasteiger partial charge is 0.479 e. The number of hydrogen-bond donors (Lipinski definition) is 1. The van der Waals surface area contributed by atoms with E-state index >= 15 is 0 Å². The van der Waals surface area contributed by atoms with Crippen molar-refractivity contribution in [3.8, 4) is 5.88 Å². The number of nitrogens with zero attached hydrogens (tertiary/aromatic N) is 1. The van der Waals surface area contributed by atoms with E-state index in [2.05, 4.69) is 10.5 Å². The highest BCUT2D eigenvalue weighted by Gasteiger charge is 2.14. The monoisotopic (exact) mass is 282 g/mol. The average Bonchev–Trinajstić information content (AvgIpc) is 2.80. The van der Waals surface area contributed by atoms with Crippen LogP contribution in [0.1, 0.15) is 49.1 Å². The third-order valence-electron chi connectivity index (χ3n) is 3.46. The summed E-state index contributed by atoms with van der Waals surface area (Å²) in [5.74, 6) is 0.145. The van der Waals surface area contributed by atoms with Crippen LogP contribution in [0.25, 0.3) is 0 Å². The number of ether oxygens (including phenoxy) is 2. The topological polar surface area (TPSA) is 73.6 Å². The van der Waals surface area contributed by atoms with E-state index in [1.807, 2.05) is 0 Å². The van der Waals surface area contributed by atoms with Crippen molar-refractivity contribution < 1.29 is 18.8 Å². The molecule has 0 aromatic carbocycles. The zero-order valence-electron chi connectivity index (χ0n) is 11.9. The van der Waals surface area contributed by atoms with Gasteiger partial charge in [-0.05, 0) is 18.0 Å². The molecule has 1 aliphatic carbocycles. The van der Waals surface area contributed by atoms with Crippen molar-refractivity contribution in [3.05, 3.63) is 11.8 Å². The fourth-order valence-electron chi connectivity index (χ4n) is 2.35. The maximum absolute atomic E-state index is 11.7. The van der Waals surface area contributed by atoms with E-state index in [1.54, 1.807) is 0 Å². The molecule has 1 saturated carbocycles. The maximum Gasteiger partial charge on any atom is 0.290 e. The Labute approximate surface area is 118 Å². The Morgan fingerprint density at radius 3 is 2.80 bits per heavy atom. The molecule has 20 heavy (non-hydrogen) atoms. The third-order valence-corrected chi connectivity index (χ3v) is 3.46. The summed E-state index contributed by atoms with van der Waals surface area (Å²) in [5.41, 5.74) is 0. The van der Waals surface area contributed by atoms with E-state index in [0.717, 1.165) is 12.8 Å². The number of hydrogen-bond acceptors (Lipinski definition) is 5. The first-order valence-corrected chi connectivity index (χ1v) is 7.20. The second kappa shape index (κ2) is 7.89. The fourth-order valence-corrected chi connectivity index (χ4v) is 2.35. The molecule has 0 aliphatic heterocycles. The van der Waals surface area contributed by atoms with Gasteiger partial charge in [-0.1, -0.05) is 25.7 Å². The smallest absolute Gasteiger partial charge is 0.290 e. The van der Waals surface area contributed by atoms with Gasteiger partial charge in [0.15, 0.2) is 0 Å². The normalized spacial score (nSPS) is 16.6. The molecule has 0 radical (unpaired) electrons. The highest BCUT2D eigenvalue weighted by molar-refractivity contribution is 5.91. The molecule has 0 bridgehead atoms. The van der Waals surface area contributed by atoms with Gasteiger partial charge < -0.3 is 19.3 Å². The van der Waals surface area contributed by atoms with E-state index in [9.17, 15) is 4.79 Å². The molecule has 1 aromatic rings. The highest BCUT2D eigenvalue weighted by atomic mass is 16.5. The van der Waals surface area contributed by atoms with Crippen LogP contribution in [-0.4, -0.2) is 37.4 Å².